The van der Waals surface area contributed by atoms with E-state index in [1.165, 1.54) is 18.5 Å². The summed E-state index contributed by atoms with van der Waals surface area (Å²) >= 11 is 0. The van der Waals surface area contributed by atoms with Crippen LogP contribution in [-0.2, 0) is 5.92 Å². The van der Waals surface area contributed by atoms with Crippen molar-refractivity contribution in [1.82, 2.24) is 30.6 Å². The highest BCUT2D eigenvalue weighted by atomic mass is 19.3. The number of H-pyrrole nitrogens is 1. The van der Waals surface area contributed by atoms with Crippen LogP contribution in [0.25, 0.3) is 0 Å². The van der Waals surface area contributed by atoms with Gasteiger partial charge in [-0.15, -0.1) is 10.2 Å². The van der Waals surface area contributed by atoms with Gasteiger partial charge >= 0.3 is 0 Å². The van der Waals surface area contributed by atoms with E-state index in [-0.39, 0.29) is 29.3 Å². The molecular weight excluding hydrogens is 433 g/mol. The fourth-order valence-electron chi connectivity index (χ4n) is 4.21. The van der Waals surface area contributed by atoms with Gasteiger partial charge in [-0.05, 0) is 30.7 Å². The second-order valence-electron chi connectivity index (χ2n) is 8.82. The molecule has 11 heteroatoms. The molecule has 2 unspecified atom stereocenters. The van der Waals surface area contributed by atoms with Gasteiger partial charge in [-0.1, -0.05) is 43.3 Å². The summed E-state index contributed by atoms with van der Waals surface area (Å²) in [4.78, 5) is 10.2. The van der Waals surface area contributed by atoms with E-state index in [1.54, 1.807) is 12.1 Å². The molecule has 0 aliphatic carbocycles. The van der Waals surface area contributed by atoms with Gasteiger partial charge in [-0.3, -0.25) is 0 Å². The highest BCUT2D eigenvalue weighted by Crippen LogP contribution is 2.38. The third kappa shape index (κ3) is 5.07. The number of aromatic amines is 1. The lowest BCUT2D eigenvalue weighted by molar-refractivity contribution is 0.0174. The zero-order valence-corrected chi connectivity index (χ0v) is 18.8. The van der Waals surface area contributed by atoms with Crippen molar-refractivity contribution in [2.24, 2.45) is 5.92 Å². The first-order valence-electron chi connectivity index (χ1n) is 11.0. The Bertz CT molecular complexity index is 1050. The maximum atomic E-state index is 15.6. The average Bonchev–Trinajstić information content (AvgIpc) is 3.46. The number of halogens is 3. The van der Waals surface area contributed by atoms with Crippen molar-refractivity contribution in [3.63, 3.8) is 0 Å². The fraction of sp³-hybridized carbons (Fsp3) is 0.500. The van der Waals surface area contributed by atoms with Crippen molar-refractivity contribution in [3.8, 4) is 0 Å². The smallest absolute Gasteiger partial charge is 0.270 e. The Labute approximate surface area is 190 Å². The van der Waals surface area contributed by atoms with Gasteiger partial charge in [-0.25, -0.2) is 18.7 Å². The Kier molecular flexibility index (Phi) is 6.48. The quantitative estimate of drug-likeness (QED) is 0.499. The van der Waals surface area contributed by atoms with Gasteiger partial charge in [0, 0.05) is 19.0 Å². The first kappa shape index (κ1) is 22.9. The lowest BCUT2D eigenvalue weighted by Gasteiger charge is -2.27. The van der Waals surface area contributed by atoms with Crippen molar-refractivity contribution >= 4 is 11.6 Å². The minimum Gasteiger partial charge on any atom is -0.357 e. The van der Waals surface area contributed by atoms with Gasteiger partial charge in [0.15, 0.2) is 17.5 Å². The summed E-state index contributed by atoms with van der Waals surface area (Å²) in [5.41, 5.74) is 0.797. The van der Waals surface area contributed by atoms with E-state index in [1.807, 2.05) is 18.7 Å². The summed E-state index contributed by atoms with van der Waals surface area (Å²) in [7, 11) is 0. The fourth-order valence-corrected chi connectivity index (χ4v) is 4.21. The van der Waals surface area contributed by atoms with E-state index < -0.39 is 11.7 Å². The van der Waals surface area contributed by atoms with Gasteiger partial charge < -0.3 is 10.2 Å². The molecule has 0 amide bonds. The van der Waals surface area contributed by atoms with E-state index in [9.17, 15) is 8.78 Å². The predicted molar refractivity (Wildman–Crippen MR) is 117 cm³/mol. The molecule has 176 valence electrons. The molecule has 33 heavy (non-hydrogen) atoms. The van der Waals surface area contributed by atoms with Crippen LogP contribution in [0.2, 0.25) is 0 Å². The zero-order valence-electron chi connectivity index (χ0n) is 18.8. The maximum absolute atomic E-state index is 15.6. The highest BCUT2D eigenvalue weighted by Gasteiger charge is 2.32. The third-order valence-corrected chi connectivity index (χ3v) is 5.79. The third-order valence-electron chi connectivity index (χ3n) is 5.79. The number of aromatic nitrogens is 6. The van der Waals surface area contributed by atoms with Crippen LogP contribution >= 0.6 is 0 Å². The Balaban J connectivity index is 1.59. The highest BCUT2D eigenvalue weighted by molar-refractivity contribution is 5.53. The largest absolute Gasteiger partial charge is 0.357 e. The van der Waals surface area contributed by atoms with Crippen molar-refractivity contribution in [3.05, 3.63) is 53.4 Å². The van der Waals surface area contributed by atoms with Crippen LogP contribution in [-0.4, -0.2) is 37.1 Å². The molecule has 1 aromatic carbocycles. The van der Waals surface area contributed by atoms with E-state index in [4.69, 9.17) is 0 Å². The number of hydrogen-bond donors (Lipinski definition) is 2. The molecule has 0 saturated carbocycles. The van der Waals surface area contributed by atoms with E-state index >= 15 is 4.39 Å². The Morgan fingerprint density at radius 3 is 2.61 bits per heavy atom. The summed E-state index contributed by atoms with van der Waals surface area (Å²) in [6, 6.07) is 5.68. The van der Waals surface area contributed by atoms with Crippen molar-refractivity contribution in [2.45, 2.75) is 58.0 Å². The standard InChI is InChI=1S/C22H27F3N8/c1-13(2)11-16(19-29-31-32-30-19)28-20-18(23)21(27-12-26-20)33-10-4-5-17(33)14-6-8-15(9-7-14)22(3,24)25/h6-9,12-13,16-17H,4-5,10-11H2,1-3H3,(H,26,27,28)(H,29,30,31,32). The van der Waals surface area contributed by atoms with Crippen LogP contribution in [0, 0.1) is 11.7 Å². The first-order valence-corrected chi connectivity index (χ1v) is 11.0. The molecule has 0 bridgehead atoms. The van der Waals surface area contributed by atoms with Crippen LogP contribution in [0.15, 0.2) is 30.6 Å². The molecule has 1 saturated heterocycles. The maximum Gasteiger partial charge on any atom is 0.270 e. The molecule has 1 fully saturated rings. The van der Waals surface area contributed by atoms with Gasteiger partial charge in [-0.2, -0.15) is 9.60 Å². The number of hydrogen-bond acceptors (Lipinski definition) is 7. The SMILES string of the molecule is CC(C)CC(Nc1ncnc(N2CCCC2c2ccc(C(C)(F)F)cc2)c1F)c1nn[nH]n1. The monoisotopic (exact) mass is 460 g/mol. The zero-order chi connectivity index (χ0) is 23.6. The lowest BCUT2D eigenvalue weighted by atomic mass is 10.0. The van der Waals surface area contributed by atoms with Crippen LogP contribution in [0.5, 0.6) is 0 Å². The van der Waals surface area contributed by atoms with Crippen LogP contribution in [0.4, 0.5) is 24.8 Å². The molecule has 1 aliphatic rings. The summed E-state index contributed by atoms with van der Waals surface area (Å²) in [5.74, 6) is -2.52. The summed E-state index contributed by atoms with van der Waals surface area (Å²) in [6.45, 7) is 5.57. The molecule has 3 aromatic rings. The van der Waals surface area contributed by atoms with Crippen LogP contribution in [0.3, 0.4) is 0 Å². The summed E-state index contributed by atoms with van der Waals surface area (Å²) < 4.78 is 42.8. The number of alkyl halides is 2. The van der Waals surface area contributed by atoms with E-state index in [0.717, 1.165) is 25.3 Å². The molecule has 3 heterocycles. The number of benzene rings is 1. The number of nitrogens with one attached hydrogen (secondary N) is 2. The molecule has 0 spiro atoms. The number of tetrazole rings is 1. The molecule has 2 aromatic heterocycles. The van der Waals surface area contributed by atoms with E-state index in [0.29, 0.717) is 24.7 Å². The van der Waals surface area contributed by atoms with Gasteiger partial charge in [0.05, 0.1) is 12.1 Å². The van der Waals surface area contributed by atoms with Gasteiger partial charge in [0.2, 0.25) is 5.82 Å². The normalized spacial score (nSPS) is 17.5. The summed E-state index contributed by atoms with van der Waals surface area (Å²) in [6.07, 6.45) is 3.58. The Hall–Kier alpha value is -3.24. The second-order valence-corrected chi connectivity index (χ2v) is 8.82. The topological polar surface area (TPSA) is 95.5 Å². The number of rotatable bonds is 8. The number of nitrogens with zero attached hydrogens (tertiary/aromatic N) is 6. The van der Waals surface area contributed by atoms with Crippen molar-refractivity contribution in [1.29, 1.82) is 0 Å². The van der Waals surface area contributed by atoms with E-state index in [2.05, 4.69) is 35.9 Å². The first-order chi connectivity index (χ1) is 15.7. The molecule has 2 N–H and O–H groups in total. The number of anilines is 2. The molecule has 4 rings (SSSR count). The Morgan fingerprint density at radius 2 is 1.97 bits per heavy atom. The lowest BCUT2D eigenvalue weighted by Crippen LogP contribution is -2.26. The summed E-state index contributed by atoms with van der Waals surface area (Å²) in [5, 5.41) is 17.2. The van der Waals surface area contributed by atoms with Crippen LogP contribution < -0.4 is 10.2 Å². The van der Waals surface area contributed by atoms with Crippen LogP contribution in [0.1, 0.15) is 69.1 Å². The van der Waals surface area contributed by atoms with Crippen molar-refractivity contribution in [2.75, 3.05) is 16.8 Å². The molecule has 2 atom stereocenters. The van der Waals surface area contributed by atoms with Gasteiger partial charge in [0.25, 0.3) is 5.92 Å². The molecule has 1 aliphatic heterocycles. The minimum atomic E-state index is -2.90. The Morgan fingerprint density at radius 1 is 1.21 bits per heavy atom. The van der Waals surface area contributed by atoms with Gasteiger partial charge in [0.1, 0.15) is 6.33 Å². The molecule has 8 nitrogen and oxygen atoms in total. The average molecular weight is 461 g/mol. The molecular formula is C22H27F3N8. The second kappa shape index (κ2) is 9.32. The minimum absolute atomic E-state index is 0.0480. The molecule has 0 radical (unpaired) electrons. The predicted octanol–water partition coefficient (Wildman–Crippen LogP) is 4.78. The van der Waals surface area contributed by atoms with Crippen molar-refractivity contribution < 1.29 is 13.2 Å².